The van der Waals surface area contributed by atoms with E-state index in [9.17, 15) is 27.6 Å². The highest BCUT2D eigenvalue weighted by molar-refractivity contribution is 5.81. The number of hydrogen-bond donors (Lipinski definition) is 0. The van der Waals surface area contributed by atoms with Gasteiger partial charge in [0.15, 0.2) is 12.0 Å². The largest absolute Gasteiger partial charge is 0.458 e. The summed E-state index contributed by atoms with van der Waals surface area (Å²) in [7, 11) is 0. The lowest BCUT2D eigenvalue weighted by molar-refractivity contribution is -0.231. The van der Waals surface area contributed by atoms with Gasteiger partial charge in [-0.3, -0.25) is 9.59 Å². The maximum Gasteiger partial charge on any atom is 0.404 e. The number of fused-ring (bicyclic) bond motifs is 1. The molecule has 6 nitrogen and oxygen atoms in total. The molecule has 9 heteroatoms. The fraction of sp³-hybridized carbons (Fsp3) is 0.812. The molecule has 1 aliphatic heterocycles. The number of hydrogen-bond acceptors (Lipinski definition) is 6. The molecule has 1 saturated heterocycles. The van der Waals surface area contributed by atoms with Crippen LogP contribution in [-0.2, 0) is 28.6 Å². The Balaban J connectivity index is 1.54. The van der Waals surface area contributed by atoms with E-state index in [0.29, 0.717) is 6.42 Å². The van der Waals surface area contributed by atoms with Crippen molar-refractivity contribution in [3.63, 3.8) is 0 Å². The van der Waals surface area contributed by atoms with Crippen molar-refractivity contribution in [3.8, 4) is 0 Å². The summed E-state index contributed by atoms with van der Waals surface area (Å²) in [5, 5.41) is 0. The smallest absolute Gasteiger partial charge is 0.404 e. The number of esters is 3. The molecule has 6 atom stereocenters. The fourth-order valence-corrected chi connectivity index (χ4v) is 3.99. The van der Waals surface area contributed by atoms with Crippen molar-refractivity contribution in [2.45, 2.75) is 51.5 Å². The number of halogens is 3. The van der Waals surface area contributed by atoms with E-state index < -0.39 is 48.8 Å². The summed E-state index contributed by atoms with van der Waals surface area (Å²) in [6, 6.07) is 0. The lowest BCUT2D eigenvalue weighted by Gasteiger charge is -2.28. The lowest BCUT2D eigenvalue weighted by atomic mass is 9.87. The van der Waals surface area contributed by atoms with Crippen molar-refractivity contribution in [1.29, 1.82) is 0 Å². The van der Waals surface area contributed by atoms with Crippen LogP contribution in [0.4, 0.5) is 13.2 Å². The van der Waals surface area contributed by atoms with E-state index in [1.165, 1.54) is 6.92 Å². The summed E-state index contributed by atoms with van der Waals surface area (Å²) in [6.07, 6.45) is -5.08. The van der Waals surface area contributed by atoms with Crippen LogP contribution in [0, 0.1) is 23.2 Å². The van der Waals surface area contributed by atoms with Crippen LogP contribution in [0.1, 0.15) is 33.1 Å². The predicted molar refractivity (Wildman–Crippen MR) is 74.9 cm³/mol. The van der Waals surface area contributed by atoms with Gasteiger partial charge in [0.1, 0.15) is 12.2 Å². The SMILES string of the molecule is CCC(C)(C(=O)OCC(=O)OC1C2CC3C(=O)OC1C3C2)C(F)(F)F. The van der Waals surface area contributed by atoms with Crippen molar-refractivity contribution < 1.29 is 41.8 Å². The monoisotopic (exact) mass is 364 g/mol. The van der Waals surface area contributed by atoms with Crippen LogP contribution in [0.2, 0.25) is 0 Å². The zero-order valence-corrected chi connectivity index (χ0v) is 13.8. The van der Waals surface area contributed by atoms with E-state index in [-0.39, 0.29) is 23.7 Å². The normalized spacial score (nSPS) is 35.2. The van der Waals surface area contributed by atoms with E-state index in [2.05, 4.69) is 4.74 Å². The zero-order valence-electron chi connectivity index (χ0n) is 13.8. The molecule has 6 unspecified atom stereocenters. The number of carbonyl (C=O) groups excluding carboxylic acids is 3. The van der Waals surface area contributed by atoms with Gasteiger partial charge in [-0.25, -0.2) is 4.79 Å². The van der Waals surface area contributed by atoms with E-state index in [1.54, 1.807) is 0 Å². The number of alkyl halides is 3. The van der Waals surface area contributed by atoms with Gasteiger partial charge in [0.05, 0.1) is 5.92 Å². The minimum atomic E-state index is -4.78. The topological polar surface area (TPSA) is 78.9 Å². The highest BCUT2D eigenvalue weighted by Crippen LogP contribution is 2.55. The Morgan fingerprint density at radius 3 is 2.56 bits per heavy atom. The van der Waals surface area contributed by atoms with Crippen LogP contribution in [0.15, 0.2) is 0 Å². The van der Waals surface area contributed by atoms with Gasteiger partial charge in [0.25, 0.3) is 0 Å². The Hall–Kier alpha value is -1.80. The third kappa shape index (κ3) is 2.77. The third-order valence-corrected chi connectivity index (χ3v) is 5.79. The summed E-state index contributed by atoms with van der Waals surface area (Å²) in [5.74, 6) is -2.84. The van der Waals surface area contributed by atoms with E-state index in [0.717, 1.165) is 13.3 Å². The van der Waals surface area contributed by atoms with Gasteiger partial charge in [0, 0.05) is 11.8 Å². The molecule has 0 spiro atoms. The average molecular weight is 364 g/mol. The molecule has 25 heavy (non-hydrogen) atoms. The molecule has 2 aliphatic carbocycles. The molecule has 1 heterocycles. The lowest BCUT2D eigenvalue weighted by Crippen LogP contribution is -2.44. The maximum absolute atomic E-state index is 13.0. The second kappa shape index (κ2) is 5.88. The number of ether oxygens (including phenoxy) is 3. The van der Waals surface area contributed by atoms with Gasteiger partial charge in [-0.05, 0) is 26.2 Å². The molecule has 0 aromatic carbocycles. The molecule has 2 bridgehead atoms. The average Bonchev–Trinajstić information content (AvgIpc) is 3.15. The Bertz CT molecular complexity index is 603. The number of rotatable bonds is 5. The van der Waals surface area contributed by atoms with Crippen molar-refractivity contribution in [3.05, 3.63) is 0 Å². The Labute approximate surface area is 142 Å². The highest BCUT2D eigenvalue weighted by atomic mass is 19.4. The molecule has 3 rings (SSSR count). The van der Waals surface area contributed by atoms with Crippen LogP contribution >= 0.6 is 0 Å². The molecule has 2 saturated carbocycles. The van der Waals surface area contributed by atoms with Crippen molar-refractivity contribution in [1.82, 2.24) is 0 Å². The molecule has 0 aromatic heterocycles. The molecule has 0 radical (unpaired) electrons. The van der Waals surface area contributed by atoms with Gasteiger partial charge in [0.2, 0.25) is 0 Å². The van der Waals surface area contributed by atoms with Gasteiger partial charge < -0.3 is 14.2 Å². The highest BCUT2D eigenvalue weighted by Gasteiger charge is 2.63. The van der Waals surface area contributed by atoms with Crippen molar-refractivity contribution in [2.24, 2.45) is 23.2 Å². The van der Waals surface area contributed by atoms with Crippen LogP contribution < -0.4 is 0 Å². The first kappa shape index (κ1) is 18.0. The summed E-state index contributed by atoms with van der Waals surface area (Å²) in [4.78, 5) is 35.3. The van der Waals surface area contributed by atoms with E-state index in [1.807, 2.05) is 0 Å². The van der Waals surface area contributed by atoms with E-state index in [4.69, 9.17) is 9.47 Å². The second-order valence-corrected chi connectivity index (χ2v) is 7.12. The van der Waals surface area contributed by atoms with Crippen LogP contribution in [-0.4, -0.2) is 42.9 Å². The first-order chi connectivity index (χ1) is 11.6. The van der Waals surface area contributed by atoms with Gasteiger partial charge in [-0.1, -0.05) is 6.92 Å². The van der Waals surface area contributed by atoms with Crippen LogP contribution in [0.5, 0.6) is 0 Å². The van der Waals surface area contributed by atoms with Crippen molar-refractivity contribution in [2.75, 3.05) is 6.61 Å². The van der Waals surface area contributed by atoms with Gasteiger partial charge in [-0.2, -0.15) is 13.2 Å². The van der Waals surface area contributed by atoms with Gasteiger partial charge >= 0.3 is 24.1 Å². The molecule has 0 amide bonds. The summed E-state index contributed by atoms with van der Waals surface area (Å²) < 4.78 is 53.9. The van der Waals surface area contributed by atoms with Crippen molar-refractivity contribution >= 4 is 17.9 Å². The van der Waals surface area contributed by atoms with Crippen LogP contribution in [0.25, 0.3) is 0 Å². The minimum absolute atomic E-state index is 0.00202. The molecule has 3 aliphatic rings. The first-order valence-corrected chi connectivity index (χ1v) is 8.22. The number of carbonyl (C=O) groups is 3. The zero-order chi connectivity index (χ0) is 18.6. The minimum Gasteiger partial charge on any atom is -0.458 e. The Morgan fingerprint density at radius 1 is 1.28 bits per heavy atom. The predicted octanol–water partition coefficient (Wildman–Crippen LogP) is 2.00. The maximum atomic E-state index is 13.0. The standard InChI is InChI=1S/C16H19F3O6/c1-3-15(2,16(17,18)19)14(22)23-6-10(20)24-11-7-4-8-9(5-7)13(21)25-12(8)11/h7-9,11-12H,3-6H2,1-2H3. The Kier molecular flexibility index (Phi) is 4.23. The third-order valence-electron chi connectivity index (χ3n) is 5.79. The molecular weight excluding hydrogens is 345 g/mol. The second-order valence-electron chi connectivity index (χ2n) is 7.12. The molecule has 0 N–H and O–H groups in total. The summed E-state index contributed by atoms with van der Waals surface area (Å²) in [6.45, 7) is 1.05. The molecular formula is C16H19F3O6. The van der Waals surface area contributed by atoms with E-state index >= 15 is 0 Å². The van der Waals surface area contributed by atoms with Gasteiger partial charge in [-0.15, -0.1) is 0 Å². The van der Waals surface area contributed by atoms with Crippen LogP contribution in [0.3, 0.4) is 0 Å². The summed E-state index contributed by atoms with van der Waals surface area (Å²) in [5.41, 5.74) is -2.67. The molecule has 3 fully saturated rings. The fourth-order valence-electron chi connectivity index (χ4n) is 3.99. The first-order valence-electron chi connectivity index (χ1n) is 8.22. The molecule has 0 aromatic rings. The summed E-state index contributed by atoms with van der Waals surface area (Å²) >= 11 is 0. The Morgan fingerprint density at radius 2 is 1.96 bits per heavy atom. The quantitative estimate of drug-likeness (QED) is 0.548. The molecule has 140 valence electrons.